The van der Waals surface area contributed by atoms with Gasteiger partial charge in [0.15, 0.2) is 0 Å². The smallest absolute Gasteiger partial charge is 0.0755 e. The highest BCUT2D eigenvalue weighted by atomic mass is 15.3. The lowest BCUT2D eigenvalue weighted by molar-refractivity contribution is 0.387. The van der Waals surface area contributed by atoms with Crippen molar-refractivity contribution in [3.63, 3.8) is 0 Å². The molecule has 2 atom stereocenters. The van der Waals surface area contributed by atoms with Crippen molar-refractivity contribution < 1.29 is 0 Å². The first kappa shape index (κ1) is 12.4. The van der Waals surface area contributed by atoms with E-state index in [0.717, 1.165) is 6.54 Å². The van der Waals surface area contributed by atoms with E-state index in [2.05, 4.69) is 49.3 Å². The maximum Gasteiger partial charge on any atom is 0.0755 e. The zero-order valence-electron chi connectivity index (χ0n) is 11.3. The SMILES string of the molecule is CNC1CCN(c2cnn(C(C)C)c2)C(C)C1. The molecule has 0 radical (unpaired) electrons. The third-order valence-corrected chi connectivity index (χ3v) is 3.73. The highest BCUT2D eigenvalue weighted by Gasteiger charge is 2.25. The summed E-state index contributed by atoms with van der Waals surface area (Å²) in [5.41, 5.74) is 1.26. The number of piperidine rings is 1. The quantitative estimate of drug-likeness (QED) is 0.872. The van der Waals surface area contributed by atoms with Crippen LogP contribution in [-0.4, -0.2) is 35.5 Å². The lowest BCUT2D eigenvalue weighted by atomic mass is 9.98. The Morgan fingerprint density at radius 2 is 2.24 bits per heavy atom. The number of hydrogen-bond donors (Lipinski definition) is 1. The van der Waals surface area contributed by atoms with Gasteiger partial charge < -0.3 is 10.2 Å². The molecular formula is C13H24N4. The summed E-state index contributed by atoms with van der Waals surface area (Å²) in [5, 5.41) is 7.81. The predicted octanol–water partition coefficient (Wildman–Crippen LogP) is 2.04. The fraction of sp³-hybridized carbons (Fsp3) is 0.769. The van der Waals surface area contributed by atoms with Crippen LogP contribution < -0.4 is 10.2 Å². The topological polar surface area (TPSA) is 33.1 Å². The first-order valence-electron chi connectivity index (χ1n) is 6.60. The number of aromatic nitrogens is 2. The molecule has 0 bridgehead atoms. The van der Waals surface area contributed by atoms with Gasteiger partial charge in [-0.25, -0.2) is 0 Å². The zero-order valence-corrected chi connectivity index (χ0v) is 11.3. The van der Waals surface area contributed by atoms with Crippen molar-refractivity contribution in [1.82, 2.24) is 15.1 Å². The summed E-state index contributed by atoms with van der Waals surface area (Å²) in [6, 6.07) is 1.70. The molecule has 2 heterocycles. The fourth-order valence-corrected chi connectivity index (χ4v) is 2.58. The molecular weight excluding hydrogens is 212 g/mol. The molecule has 2 unspecified atom stereocenters. The van der Waals surface area contributed by atoms with Crippen LogP contribution in [0.15, 0.2) is 12.4 Å². The Hall–Kier alpha value is -1.03. The summed E-state index contributed by atoms with van der Waals surface area (Å²) >= 11 is 0. The summed E-state index contributed by atoms with van der Waals surface area (Å²) in [5.74, 6) is 0. The van der Waals surface area contributed by atoms with Gasteiger partial charge in [-0.1, -0.05) is 0 Å². The maximum atomic E-state index is 4.42. The first-order chi connectivity index (χ1) is 8.11. The van der Waals surface area contributed by atoms with Gasteiger partial charge in [0.2, 0.25) is 0 Å². The van der Waals surface area contributed by atoms with Crippen molar-refractivity contribution in [2.75, 3.05) is 18.5 Å². The Morgan fingerprint density at radius 3 is 2.76 bits per heavy atom. The van der Waals surface area contributed by atoms with Crippen molar-refractivity contribution in [3.05, 3.63) is 12.4 Å². The molecule has 4 nitrogen and oxygen atoms in total. The van der Waals surface area contributed by atoms with Gasteiger partial charge in [-0.15, -0.1) is 0 Å². The molecule has 4 heteroatoms. The minimum absolute atomic E-state index is 0.439. The second-order valence-corrected chi connectivity index (χ2v) is 5.32. The monoisotopic (exact) mass is 236 g/mol. The van der Waals surface area contributed by atoms with Gasteiger partial charge in [-0.3, -0.25) is 4.68 Å². The molecule has 17 heavy (non-hydrogen) atoms. The number of nitrogens with one attached hydrogen (secondary N) is 1. The van der Waals surface area contributed by atoms with Crippen LogP contribution in [-0.2, 0) is 0 Å². The zero-order chi connectivity index (χ0) is 12.4. The van der Waals surface area contributed by atoms with Crippen LogP contribution in [0.3, 0.4) is 0 Å². The maximum absolute atomic E-state index is 4.42. The van der Waals surface area contributed by atoms with Crippen LogP contribution in [0, 0.1) is 0 Å². The third-order valence-electron chi connectivity index (χ3n) is 3.73. The van der Waals surface area contributed by atoms with E-state index in [1.54, 1.807) is 0 Å². The van der Waals surface area contributed by atoms with E-state index in [1.165, 1.54) is 18.5 Å². The van der Waals surface area contributed by atoms with Gasteiger partial charge in [0, 0.05) is 30.9 Å². The average molecular weight is 236 g/mol. The first-order valence-corrected chi connectivity index (χ1v) is 6.60. The second kappa shape index (κ2) is 5.08. The summed E-state index contributed by atoms with van der Waals surface area (Å²) in [6.07, 6.45) is 6.59. The number of hydrogen-bond acceptors (Lipinski definition) is 3. The Bertz CT molecular complexity index is 358. The van der Waals surface area contributed by atoms with E-state index in [0.29, 0.717) is 18.1 Å². The average Bonchev–Trinajstić information content (AvgIpc) is 2.78. The van der Waals surface area contributed by atoms with Gasteiger partial charge in [-0.05, 0) is 40.7 Å². The van der Waals surface area contributed by atoms with Crippen molar-refractivity contribution >= 4 is 5.69 Å². The van der Waals surface area contributed by atoms with Gasteiger partial charge in [-0.2, -0.15) is 5.10 Å². The molecule has 0 spiro atoms. The van der Waals surface area contributed by atoms with E-state index < -0.39 is 0 Å². The predicted molar refractivity (Wildman–Crippen MR) is 71.5 cm³/mol. The van der Waals surface area contributed by atoms with Crippen molar-refractivity contribution in [2.45, 2.75) is 51.7 Å². The van der Waals surface area contributed by atoms with E-state index in [1.807, 2.05) is 10.9 Å². The minimum Gasteiger partial charge on any atom is -0.366 e. The summed E-state index contributed by atoms with van der Waals surface area (Å²) < 4.78 is 2.03. The molecule has 0 aliphatic carbocycles. The van der Waals surface area contributed by atoms with Crippen LogP contribution in [0.2, 0.25) is 0 Å². The van der Waals surface area contributed by atoms with Gasteiger partial charge >= 0.3 is 0 Å². The molecule has 1 aliphatic rings. The van der Waals surface area contributed by atoms with Crippen LogP contribution in [0.5, 0.6) is 0 Å². The number of rotatable bonds is 3. The fourth-order valence-electron chi connectivity index (χ4n) is 2.58. The van der Waals surface area contributed by atoms with Crippen LogP contribution in [0.25, 0.3) is 0 Å². The molecule has 0 aromatic carbocycles. The van der Waals surface area contributed by atoms with Crippen molar-refractivity contribution in [1.29, 1.82) is 0 Å². The molecule has 1 fully saturated rings. The summed E-state index contributed by atoms with van der Waals surface area (Å²) in [7, 11) is 2.06. The number of anilines is 1. The van der Waals surface area contributed by atoms with E-state index in [4.69, 9.17) is 0 Å². The van der Waals surface area contributed by atoms with Crippen LogP contribution in [0.4, 0.5) is 5.69 Å². The molecule has 1 aromatic heterocycles. The minimum atomic E-state index is 0.439. The molecule has 1 aliphatic heterocycles. The van der Waals surface area contributed by atoms with Crippen molar-refractivity contribution in [2.24, 2.45) is 0 Å². The van der Waals surface area contributed by atoms with Crippen LogP contribution >= 0.6 is 0 Å². The molecule has 96 valence electrons. The van der Waals surface area contributed by atoms with E-state index in [-0.39, 0.29) is 0 Å². The molecule has 1 saturated heterocycles. The largest absolute Gasteiger partial charge is 0.366 e. The Balaban J connectivity index is 2.06. The summed E-state index contributed by atoms with van der Waals surface area (Å²) in [4.78, 5) is 2.47. The van der Waals surface area contributed by atoms with Gasteiger partial charge in [0.05, 0.1) is 11.9 Å². The Morgan fingerprint density at radius 1 is 1.47 bits per heavy atom. The van der Waals surface area contributed by atoms with Gasteiger partial charge in [0.1, 0.15) is 0 Å². The molecule has 0 amide bonds. The Kier molecular flexibility index (Phi) is 3.72. The second-order valence-electron chi connectivity index (χ2n) is 5.32. The number of nitrogens with zero attached hydrogens (tertiary/aromatic N) is 3. The highest BCUT2D eigenvalue weighted by molar-refractivity contribution is 5.44. The van der Waals surface area contributed by atoms with Crippen molar-refractivity contribution in [3.8, 4) is 0 Å². The van der Waals surface area contributed by atoms with E-state index in [9.17, 15) is 0 Å². The van der Waals surface area contributed by atoms with Crippen LogP contribution in [0.1, 0.15) is 39.7 Å². The molecule has 2 rings (SSSR count). The normalized spacial score (nSPS) is 25.6. The Labute approximate surface area is 104 Å². The lowest BCUT2D eigenvalue weighted by Crippen LogP contribution is -2.46. The summed E-state index contributed by atoms with van der Waals surface area (Å²) in [6.45, 7) is 7.74. The highest BCUT2D eigenvalue weighted by Crippen LogP contribution is 2.24. The molecule has 1 N–H and O–H groups in total. The molecule has 0 saturated carbocycles. The lowest BCUT2D eigenvalue weighted by Gasteiger charge is -2.38. The van der Waals surface area contributed by atoms with Gasteiger partial charge in [0.25, 0.3) is 0 Å². The third kappa shape index (κ3) is 2.63. The van der Waals surface area contributed by atoms with E-state index >= 15 is 0 Å². The standard InChI is InChI=1S/C13H24N4/c1-10(2)17-9-13(8-15-17)16-6-5-12(14-4)7-11(16)3/h8-12,14H,5-7H2,1-4H3. The molecule has 1 aromatic rings.